The van der Waals surface area contributed by atoms with E-state index in [1.165, 1.54) is 0 Å². The van der Waals surface area contributed by atoms with Crippen LogP contribution in [-0.2, 0) is 0 Å². The highest BCUT2D eigenvalue weighted by Gasteiger charge is 2.15. The quantitative estimate of drug-likeness (QED) is 0.533. The first-order valence-corrected chi connectivity index (χ1v) is 7.45. The topological polar surface area (TPSA) is 90.9 Å². The Labute approximate surface area is 137 Å². The predicted molar refractivity (Wildman–Crippen MR) is 92.8 cm³/mol. The minimum Gasteiger partial charge on any atom is -0.477 e. The third kappa shape index (κ3) is 2.34. The summed E-state index contributed by atoms with van der Waals surface area (Å²) in [4.78, 5) is 23.0. The van der Waals surface area contributed by atoms with E-state index in [4.69, 9.17) is 0 Å². The number of hydrogen-bond donors (Lipinski definition) is 3. The highest BCUT2D eigenvalue weighted by Crippen LogP contribution is 2.31. The Morgan fingerprint density at radius 1 is 1.21 bits per heavy atom. The molecule has 6 heteroatoms. The first-order chi connectivity index (χ1) is 11.6. The summed E-state index contributed by atoms with van der Waals surface area (Å²) in [7, 11) is 0. The summed E-state index contributed by atoms with van der Waals surface area (Å²) in [6.07, 6.45) is 3.36. The molecular formula is C18H14N4O2. The van der Waals surface area contributed by atoms with Crippen molar-refractivity contribution in [2.75, 3.05) is 5.32 Å². The molecule has 0 aliphatic carbocycles. The minimum absolute atomic E-state index is 0.121. The number of carbonyl (C=O) groups is 1. The maximum absolute atomic E-state index is 11.3. The van der Waals surface area contributed by atoms with Crippen molar-refractivity contribution in [2.24, 2.45) is 0 Å². The van der Waals surface area contributed by atoms with Gasteiger partial charge in [0.05, 0.1) is 11.0 Å². The van der Waals surface area contributed by atoms with E-state index < -0.39 is 5.97 Å². The van der Waals surface area contributed by atoms with Gasteiger partial charge in [0.15, 0.2) is 5.82 Å². The van der Waals surface area contributed by atoms with Gasteiger partial charge in [0, 0.05) is 28.9 Å². The van der Waals surface area contributed by atoms with E-state index in [0.717, 1.165) is 27.5 Å². The summed E-state index contributed by atoms with van der Waals surface area (Å²) in [6, 6.07) is 11.3. The molecule has 4 rings (SSSR count). The highest BCUT2D eigenvalue weighted by atomic mass is 16.4. The second kappa shape index (κ2) is 5.34. The van der Waals surface area contributed by atoms with Crippen molar-refractivity contribution < 1.29 is 9.90 Å². The van der Waals surface area contributed by atoms with Gasteiger partial charge in [-0.2, -0.15) is 0 Å². The average molecular weight is 318 g/mol. The third-order valence-corrected chi connectivity index (χ3v) is 3.89. The van der Waals surface area contributed by atoms with Gasteiger partial charge in [0.25, 0.3) is 0 Å². The van der Waals surface area contributed by atoms with Crippen LogP contribution in [0.3, 0.4) is 0 Å². The first-order valence-electron chi connectivity index (χ1n) is 7.45. The number of aromatic amines is 1. The predicted octanol–water partition coefficient (Wildman–Crippen LogP) is 3.86. The molecule has 24 heavy (non-hydrogen) atoms. The summed E-state index contributed by atoms with van der Waals surface area (Å²) in [5.74, 6) is -0.424. The van der Waals surface area contributed by atoms with E-state index in [9.17, 15) is 9.90 Å². The number of carboxylic acids is 1. The summed E-state index contributed by atoms with van der Waals surface area (Å²) in [5, 5.41) is 14.2. The van der Waals surface area contributed by atoms with Crippen LogP contribution >= 0.6 is 0 Å². The minimum atomic E-state index is -1.01. The van der Waals surface area contributed by atoms with Crippen molar-refractivity contribution >= 4 is 39.3 Å². The van der Waals surface area contributed by atoms with Gasteiger partial charge in [-0.1, -0.05) is 12.1 Å². The van der Waals surface area contributed by atoms with Gasteiger partial charge in [-0.15, -0.1) is 0 Å². The van der Waals surface area contributed by atoms with Crippen LogP contribution in [0.2, 0.25) is 0 Å². The average Bonchev–Trinajstić information content (AvgIpc) is 3.01. The number of aromatic carboxylic acids is 1. The van der Waals surface area contributed by atoms with Crippen molar-refractivity contribution in [1.82, 2.24) is 15.0 Å². The molecule has 0 aliphatic rings. The number of nitrogens with zero attached hydrogens (tertiary/aromatic N) is 2. The molecule has 0 fully saturated rings. The smallest absolute Gasteiger partial charge is 0.352 e. The van der Waals surface area contributed by atoms with Crippen molar-refractivity contribution in [3.63, 3.8) is 0 Å². The molecule has 3 aromatic heterocycles. The number of aromatic nitrogens is 3. The number of pyridine rings is 2. The number of H-pyrrole nitrogens is 1. The number of fused-ring (bicyclic) bond motifs is 3. The monoisotopic (exact) mass is 318 g/mol. The molecule has 0 saturated carbocycles. The maximum atomic E-state index is 11.3. The van der Waals surface area contributed by atoms with E-state index in [-0.39, 0.29) is 5.69 Å². The highest BCUT2D eigenvalue weighted by molar-refractivity contribution is 6.11. The molecular weight excluding hydrogens is 304 g/mol. The number of nitrogens with one attached hydrogen (secondary N) is 2. The maximum Gasteiger partial charge on any atom is 0.352 e. The number of anilines is 2. The van der Waals surface area contributed by atoms with Gasteiger partial charge in [-0.05, 0) is 36.8 Å². The fraction of sp³-hybridized carbons (Fsp3) is 0.0556. The Hall–Kier alpha value is -3.41. The molecule has 0 bridgehead atoms. The molecule has 6 nitrogen and oxygen atoms in total. The Kier molecular flexibility index (Phi) is 3.16. The van der Waals surface area contributed by atoms with Crippen LogP contribution in [0.5, 0.6) is 0 Å². The molecule has 0 atom stereocenters. The van der Waals surface area contributed by atoms with Crippen LogP contribution in [0.4, 0.5) is 11.5 Å². The molecule has 0 spiro atoms. The lowest BCUT2D eigenvalue weighted by atomic mass is 10.1. The molecule has 1 aromatic carbocycles. The molecule has 4 aromatic rings. The van der Waals surface area contributed by atoms with Gasteiger partial charge in [0.1, 0.15) is 5.69 Å². The zero-order chi connectivity index (χ0) is 16.7. The van der Waals surface area contributed by atoms with Gasteiger partial charge in [-0.25, -0.2) is 9.78 Å². The Morgan fingerprint density at radius 2 is 2.08 bits per heavy atom. The number of aryl methyl sites for hydroxylation is 1. The van der Waals surface area contributed by atoms with Crippen LogP contribution < -0.4 is 5.32 Å². The second-order valence-corrected chi connectivity index (χ2v) is 5.62. The second-order valence-electron chi connectivity index (χ2n) is 5.62. The number of benzene rings is 1. The molecule has 3 N–H and O–H groups in total. The molecule has 0 radical (unpaired) electrons. The number of rotatable bonds is 3. The fourth-order valence-corrected chi connectivity index (χ4v) is 2.79. The van der Waals surface area contributed by atoms with Crippen LogP contribution in [-0.4, -0.2) is 26.0 Å². The third-order valence-electron chi connectivity index (χ3n) is 3.89. The van der Waals surface area contributed by atoms with Crippen LogP contribution in [0.15, 0.2) is 48.8 Å². The number of carboxylic acid groups (broad SMARTS) is 1. The molecule has 3 heterocycles. The van der Waals surface area contributed by atoms with E-state index in [2.05, 4.69) is 20.3 Å². The molecule has 0 aliphatic heterocycles. The Morgan fingerprint density at radius 3 is 2.88 bits per heavy atom. The van der Waals surface area contributed by atoms with Crippen molar-refractivity contribution in [2.45, 2.75) is 6.92 Å². The standard InChI is InChI=1S/C18H14N4O2/c1-10-3-2-4-11(7-10)20-17-16-12(8-15(21-16)18(23)24)13-9-19-6-5-14(13)22-17/h2-9,21H,1H3,(H,20,22)(H,23,24). The van der Waals surface area contributed by atoms with Crippen molar-refractivity contribution in [3.05, 3.63) is 60.0 Å². The summed E-state index contributed by atoms with van der Waals surface area (Å²) < 4.78 is 0. The molecule has 118 valence electrons. The van der Waals surface area contributed by atoms with E-state index in [1.54, 1.807) is 18.5 Å². The molecule has 0 saturated heterocycles. The van der Waals surface area contributed by atoms with Crippen LogP contribution in [0.25, 0.3) is 21.8 Å². The largest absolute Gasteiger partial charge is 0.477 e. The van der Waals surface area contributed by atoms with Crippen LogP contribution in [0, 0.1) is 6.92 Å². The lowest BCUT2D eigenvalue weighted by Gasteiger charge is -2.09. The lowest BCUT2D eigenvalue weighted by molar-refractivity contribution is 0.0691. The first kappa shape index (κ1) is 14.2. The fourth-order valence-electron chi connectivity index (χ4n) is 2.79. The molecule has 0 unspecified atom stereocenters. The summed E-state index contributed by atoms with van der Waals surface area (Å²) >= 11 is 0. The SMILES string of the molecule is Cc1cccc(Nc2nc3ccncc3c3cc(C(=O)O)[nH]c23)c1. The Balaban J connectivity index is 1.96. The normalized spacial score (nSPS) is 11.0. The lowest BCUT2D eigenvalue weighted by Crippen LogP contribution is -1.97. The summed E-state index contributed by atoms with van der Waals surface area (Å²) in [6.45, 7) is 2.01. The van der Waals surface area contributed by atoms with Crippen molar-refractivity contribution in [3.8, 4) is 0 Å². The summed E-state index contributed by atoms with van der Waals surface area (Å²) in [5.41, 5.74) is 3.54. The zero-order valence-corrected chi connectivity index (χ0v) is 12.9. The van der Waals surface area contributed by atoms with E-state index in [0.29, 0.717) is 11.3 Å². The van der Waals surface area contributed by atoms with E-state index >= 15 is 0 Å². The van der Waals surface area contributed by atoms with Crippen LogP contribution in [0.1, 0.15) is 16.1 Å². The van der Waals surface area contributed by atoms with E-state index in [1.807, 2.05) is 37.3 Å². The van der Waals surface area contributed by atoms with Gasteiger partial charge in [0.2, 0.25) is 0 Å². The van der Waals surface area contributed by atoms with Gasteiger partial charge in [-0.3, -0.25) is 4.98 Å². The van der Waals surface area contributed by atoms with Gasteiger partial charge >= 0.3 is 5.97 Å². The van der Waals surface area contributed by atoms with Crippen molar-refractivity contribution in [1.29, 1.82) is 0 Å². The Bertz CT molecular complexity index is 1080. The molecule has 0 amide bonds. The van der Waals surface area contributed by atoms with Gasteiger partial charge < -0.3 is 15.4 Å². The zero-order valence-electron chi connectivity index (χ0n) is 12.9. The number of hydrogen-bond acceptors (Lipinski definition) is 4.